The van der Waals surface area contributed by atoms with Gasteiger partial charge in [0.1, 0.15) is 13.2 Å². The Balaban J connectivity index is 4.44. The summed E-state index contributed by atoms with van der Waals surface area (Å²) in [5.74, 6) is -0.915. The minimum atomic E-state index is -0.796. The summed E-state index contributed by atoms with van der Waals surface area (Å²) in [6.45, 7) is 6.51. The van der Waals surface area contributed by atoms with Gasteiger partial charge in [-0.1, -0.05) is 297 Å². The van der Waals surface area contributed by atoms with Crippen LogP contribution in [0, 0.1) is 0 Å². The van der Waals surface area contributed by atoms with Gasteiger partial charge in [-0.15, -0.1) is 0 Å². The Bertz CT molecular complexity index is 1590. The van der Waals surface area contributed by atoms with Gasteiger partial charge in [0.05, 0.1) is 0 Å². The molecule has 0 radical (unpaired) electrons. The molecule has 0 fully saturated rings. The number of hydrogen-bond acceptors (Lipinski definition) is 6. The predicted octanol–water partition coefficient (Wildman–Crippen LogP) is 23.0. The Morgan fingerprint density at radius 3 is 0.810 bits per heavy atom. The van der Waals surface area contributed by atoms with Crippen molar-refractivity contribution in [2.75, 3.05) is 13.2 Å². The van der Waals surface area contributed by atoms with Crippen LogP contribution in [0.15, 0.2) is 109 Å². The maximum Gasteiger partial charge on any atom is 0.306 e. The standard InChI is InChI=1S/C73H124O6/c1-4-7-10-13-16-19-22-25-28-31-33-34-35-36-37-38-40-42-45-48-51-54-57-60-63-66-72(75)78-69-70(68-77-71(74)65-62-59-56-53-50-47-44-41-30-27-24-21-18-15-12-9-6-3)79-73(76)67-64-61-58-55-52-49-46-43-39-32-29-26-23-20-17-14-11-8-5-2/h7,10,16-17,19-20,25-26,28-29,33-34,36-37,40,42,48,51,70H,4-6,8-9,11-15,18,21-24,27,30-32,35,38-39,41,43-47,49-50,52-69H2,1-3H3/b10-7-,19-16-,20-17-,28-25-,29-26-,34-33-,37-36-,42-40-,51-48-. The number of carbonyl (C=O) groups is 3. The molecule has 0 spiro atoms. The van der Waals surface area contributed by atoms with Gasteiger partial charge in [0, 0.05) is 19.3 Å². The van der Waals surface area contributed by atoms with E-state index in [1.54, 1.807) is 0 Å². The molecule has 0 N–H and O–H groups in total. The number of allylic oxidation sites excluding steroid dienone is 18. The Labute approximate surface area is 489 Å². The highest BCUT2D eigenvalue weighted by molar-refractivity contribution is 5.71. The third-order valence-electron chi connectivity index (χ3n) is 14.3. The van der Waals surface area contributed by atoms with E-state index in [0.29, 0.717) is 19.3 Å². The van der Waals surface area contributed by atoms with E-state index >= 15 is 0 Å². The maximum absolute atomic E-state index is 12.9. The smallest absolute Gasteiger partial charge is 0.306 e. The fraction of sp³-hybridized carbons (Fsp3) is 0.712. The van der Waals surface area contributed by atoms with Gasteiger partial charge in [-0.05, 0) is 109 Å². The van der Waals surface area contributed by atoms with E-state index in [0.717, 1.165) is 116 Å². The van der Waals surface area contributed by atoms with E-state index in [4.69, 9.17) is 14.2 Å². The third-order valence-corrected chi connectivity index (χ3v) is 14.3. The zero-order valence-corrected chi connectivity index (χ0v) is 51.9. The van der Waals surface area contributed by atoms with Crippen LogP contribution in [-0.4, -0.2) is 37.2 Å². The minimum absolute atomic E-state index is 0.0887. The van der Waals surface area contributed by atoms with Crippen molar-refractivity contribution in [2.45, 2.75) is 322 Å². The first-order valence-corrected chi connectivity index (χ1v) is 33.4. The molecule has 6 heteroatoms. The van der Waals surface area contributed by atoms with Gasteiger partial charge in [0.2, 0.25) is 0 Å². The number of hydrogen-bond donors (Lipinski definition) is 0. The normalized spacial score (nSPS) is 12.8. The highest BCUT2D eigenvalue weighted by Gasteiger charge is 2.19. The highest BCUT2D eigenvalue weighted by atomic mass is 16.6. The molecular formula is C73H124O6. The predicted molar refractivity (Wildman–Crippen MR) is 343 cm³/mol. The van der Waals surface area contributed by atoms with Crippen LogP contribution in [0.3, 0.4) is 0 Å². The van der Waals surface area contributed by atoms with Crippen LogP contribution in [-0.2, 0) is 28.6 Å². The monoisotopic (exact) mass is 1100 g/mol. The molecule has 1 atom stereocenters. The topological polar surface area (TPSA) is 78.9 Å². The summed E-state index contributed by atoms with van der Waals surface area (Å²) in [6, 6.07) is 0. The minimum Gasteiger partial charge on any atom is -0.462 e. The maximum atomic E-state index is 12.9. The first-order valence-electron chi connectivity index (χ1n) is 33.4. The van der Waals surface area contributed by atoms with Crippen molar-refractivity contribution in [3.05, 3.63) is 109 Å². The molecule has 0 heterocycles. The van der Waals surface area contributed by atoms with Crippen LogP contribution in [0.5, 0.6) is 0 Å². The molecule has 0 aromatic rings. The zero-order valence-electron chi connectivity index (χ0n) is 51.9. The Kier molecular flexibility index (Phi) is 63.3. The molecule has 0 aliphatic heterocycles. The van der Waals surface area contributed by atoms with Gasteiger partial charge >= 0.3 is 17.9 Å². The summed E-state index contributed by atoms with van der Waals surface area (Å²) in [5.41, 5.74) is 0. The van der Waals surface area contributed by atoms with Crippen molar-refractivity contribution in [3.63, 3.8) is 0 Å². The number of carbonyl (C=O) groups excluding carboxylic acids is 3. The van der Waals surface area contributed by atoms with Crippen LogP contribution in [0.4, 0.5) is 0 Å². The zero-order chi connectivity index (χ0) is 57.1. The van der Waals surface area contributed by atoms with E-state index in [1.165, 1.54) is 161 Å². The molecule has 1 unspecified atom stereocenters. The van der Waals surface area contributed by atoms with Crippen molar-refractivity contribution in [1.29, 1.82) is 0 Å². The van der Waals surface area contributed by atoms with E-state index in [9.17, 15) is 14.4 Å². The summed E-state index contributed by atoms with van der Waals surface area (Å²) in [7, 11) is 0. The quantitative estimate of drug-likeness (QED) is 0.0261. The summed E-state index contributed by atoms with van der Waals surface area (Å²) < 4.78 is 16.9. The van der Waals surface area contributed by atoms with Gasteiger partial charge in [-0.2, -0.15) is 0 Å². The average Bonchev–Trinajstić information content (AvgIpc) is 3.45. The van der Waals surface area contributed by atoms with Gasteiger partial charge in [-0.3, -0.25) is 14.4 Å². The van der Waals surface area contributed by atoms with Gasteiger partial charge in [0.25, 0.3) is 0 Å². The molecule has 0 amide bonds. The molecule has 0 aliphatic rings. The molecule has 79 heavy (non-hydrogen) atoms. The van der Waals surface area contributed by atoms with Crippen molar-refractivity contribution in [2.24, 2.45) is 0 Å². The Hall–Kier alpha value is -3.93. The SMILES string of the molecule is CC/C=C\C/C=C\C/C=C\C/C=C\C/C=C\C/C=C\C/C=C\CCCCCC(=O)OCC(COC(=O)CCCCCCCCCCCCCCCCCCC)OC(=O)CCCCCCCCCCC/C=C\C/C=C\CCCCC. The Morgan fingerprint density at radius 2 is 0.494 bits per heavy atom. The van der Waals surface area contributed by atoms with Crippen LogP contribution in [0.2, 0.25) is 0 Å². The van der Waals surface area contributed by atoms with E-state index in [2.05, 4.69) is 130 Å². The lowest BCUT2D eigenvalue weighted by atomic mass is 10.0. The molecule has 0 saturated carbocycles. The number of unbranched alkanes of at least 4 members (excludes halogenated alkanes) is 31. The van der Waals surface area contributed by atoms with Crippen molar-refractivity contribution in [3.8, 4) is 0 Å². The first-order chi connectivity index (χ1) is 39.0. The second-order valence-corrected chi connectivity index (χ2v) is 22.0. The van der Waals surface area contributed by atoms with Crippen LogP contribution in [0.25, 0.3) is 0 Å². The van der Waals surface area contributed by atoms with Crippen LogP contribution < -0.4 is 0 Å². The number of esters is 3. The van der Waals surface area contributed by atoms with E-state index < -0.39 is 6.10 Å². The molecule has 0 aromatic carbocycles. The summed E-state index contributed by atoms with van der Waals surface area (Å²) >= 11 is 0. The fourth-order valence-electron chi connectivity index (χ4n) is 9.28. The Morgan fingerprint density at radius 1 is 0.266 bits per heavy atom. The summed E-state index contributed by atoms with van der Waals surface area (Å²) in [5, 5.41) is 0. The van der Waals surface area contributed by atoms with Crippen molar-refractivity contribution < 1.29 is 28.6 Å². The molecule has 452 valence electrons. The lowest BCUT2D eigenvalue weighted by Gasteiger charge is -2.18. The fourth-order valence-corrected chi connectivity index (χ4v) is 9.28. The number of rotatable bonds is 60. The molecule has 0 aliphatic carbocycles. The van der Waals surface area contributed by atoms with Crippen molar-refractivity contribution >= 4 is 17.9 Å². The first kappa shape index (κ1) is 75.1. The second-order valence-electron chi connectivity index (χ2n) is 22.0. The van der Waals surface area contributed by atoms with Gasteiger partial charge in [-0.25, -0.2) is 0 Å². The summed E-state index contributed by atoms with van der Waals surface area (Å²) in [6.07, 6.45) is 90.9. The molecule has 0 aromatic heterocycles. The highest BCUT2D eigenvalue weighted by Crippen LogP contribution is 2.17. The second kappa shape index (κ2) is 66.6. The van der Waals surface area contributed by atoms with E-state index in [-0.39, 0.29) is 31.1 Å². The molecule has 0 saturated heterocycles. The van der Waals surface area contributed by atoms with Crippen molar-refractivity contribution in [1.82, 2.24) is 0 Å². The third kappa shape index (κ3) is 64.8. The van der Waals surface area contributed by atoms with E-state index in [1.807, 2.05) is 0 Å². The molecule has 0 bridgehead atoms. The largest absolute Gasteiger partial charge is 0.462 e. The average molecular weight is 1100 g/mol. The molecular weight excluding hydrogens is 973 g/mol. The summed E-state index contributed by atoms with van der Waals surface area (Å²) in [4.78, 5) is 38.4. The molecule has 0 rings (SSSR count). The van der Waals surface area contributed by atoms with Gasteiger partial charge in [0.15, 0.2) is 6.10 Å². The van der Waals surface area contributed by atoms with Crippen LogP contribution in [0.1, 0.15) is 316 Å². The number of ether oxygens (including phenoxy) is 3. The lowest BCUT2D eigenvalue weighted by Crippen LogP contribution is -2.30. The van der Waals surface area contributed by atoms with Gasteiger partial charge < -0.3 is 14.2 Å². The molecule has 6 nitrogen and oxygen atoms in total. The van der Waals surface area contributed by atoms with Crippen LogP contribution >= 0.6 is 0 Å². The lowest BCUT2D eigenvalue weighted by molar-refractivity contribution is -0.167.